The second-order valence-electron chi connectivity index (χ2n) is 9.40. The van der Waals surface area contributed by atoms with Crippen LogP contribution in [0.4, 0.5) is 5.13 Å². The zero-order chi connectivity index (χ0) is 22.5. The van der Waals surface area contributed by atoms with E-state index >= 15 is 0 Å². The summed E-state index contributed by atoms with van der Waals surface area (Å²) in [6.07, 6.45) is 1.21. The molecule has 2 aliphatic rings. The van der Waals surface area contributed by atoms with E-state index in [1.165, 1.54) is 11.3 Å². The molecule has 2 atom stereocenters. The number of allylic oxidation sites excluding steroid dienone is 2. The second-order valence-corrected chi connectivity index (χ2v) is 10.4. The van der Waals surface area contributed by atoms with E-state index in [0.29, 0.717) is 17.1 Å². The summed E-state index contributed by atoms with van der Waals surface area (Å²) in [5.74, 6) is -0.988. The van der Waals surface area contributed by atoms with Gasteiger partial charge in [-0.25, -0.2) is 4.98 Å². The van der Waals surface area contributed by atoms with E-state index in [-0.39, 0.29) is 23.0 Å². The van der Waals surface area contributed by atoms with Crippen LogP contribution in [-0.4, -0.2) is 22.4 Å². The van der Waals surface area contributed by atoms with Crippen LogP contribution < -0.4 is 5.32 Å². The number of thiazole rings is 1. The molecule has 162 valence electrons. The maximum atomic E-state index is 13.6. The molecule has 5 rings (SSSR count). The molecule has 1 N–H and O–H groups in total. The van der Waals surface area contributed by atoms with Crippen molar-refractivity contribution in [3.8, 4) is 0 Å². The number of fused-ring (bicyclic) bond motifs is 1. The van der Waals surface area contributed by atoms with Crippen LogP contribution in [-0.2, 0) is 9.59 Å². The van der Waals surface area contributed by atoms with Gasteiger partial charge in [-0.05, 0) is 36.5 Å². The molecule has 2 aromatic carbocycles. The van der Waals surface area contributed by atoms with Crippen molar-refractivity contribution in [2.45, 2.75) is 39.5 Å². The fourth-order valence-corrected chi connectivity index (χ4v) is 5.78. The fraction of sp³-hybridized carbons (Fsp3) is 0.308. The summed E-state index contributed by atoms with van der Waals surface area (Å²) >= 11 is 1.45. The highest BCUT2D eigenvalue weighted by Crippen LogP contribution is 2.47. The number of nitrogens with one attached hydrogen (secondary N) is 1. The number of nitrogens with zero attached hydrogens (tertiary/aromatic N) is 2. The Morgan fingerprint density at radius 2 is 1.78 bits per heavy atom. The zero-order valence-corrected chi connectivity index (χ0v) is 19.2. The lowest BCUT2D eigenvalue weighted by atomic mass is 9.66. The summed E-state index contributed by atoms with van der Waals surface area (Å²) in [7, 11) is 0. The number of benzene rings is 2. The number of ketones is 1. The van der Waals surface area contributed by atoms with Crippen molar-refractivity contribution in [1.29, 1.82) is 0 Å². The predicted molar refractivity (Wildman–Crippen MR) is 129 cm³/mol. The zero-order valence-electron chi connectivity index (χ0n) is 18.4. The standard InChI is InChI=1S/C26H25N3O2S/c1-15-21(24(31)29-25-28-17-11-7-8-12-20(17)32-25)22(16-9-5-4-6-10-16)23-18(27-15)13-26(2,3)14-19(23)30/h4-12,21-22H,13-14H2,1-3H3,(H,28,29,31)/t21?,22-/m0/s1. The topological polar surface area (TPSA) is 71.4 Å². The van der Waals surface area contributed by atoms with E-state index in [4.69, 9.17) is 4.99 Å². The molecule has 3 aromatic rings. The second kappa shape index (κ2) is 7.78. The lowest BCUT2D eigenvalue weighted by Crippen LogP contribution is -2.40. The highest BCUT2D eigenvalue weighted by Gasteiger charge is 2.45. The van der Waals surface area contributed by atoms with Crippen LogP contribution in [0, 0.1) is 11.3 Å². The van der Waals surface area contributed by atoms with Gasteiger partial charge in [-0.2, -0.15) is 0 Å². The number of aliphatic imine (C=N–C) groups is 1. The molecule has 6 heteroatoms. The van der Waals surface area contributed by atoms with Gasteiger partial charge in [0.2, 0.25) is 5.91 Å². The third kappa shape index (κ3) is 3.69. The maximum Gasteiger partial charge on any atom is 0.235 e. The average molecular weight is 444 g/mol. The number of para-hydroxylation sites is 1. The van der Waals surface area contributed by atoms with Gasteiger partial charge in [0.15, 0.2) is 10.9 Å². The number of hydrogen-bond donors (Lipinski definition) is 1. The molecular formula is C26H25N3O2S. The Bertz CT molecular complexity index is 1250. The summed E-state index contributed by atoms with van der Waals surface area (Å²) < 4.78 is 1.02. The molecule has 0 saturated carbocycles. The van der Waals surface area contributed by atoms with E-state index < -0.39 is 5.92 Å². The van der Waals surface area contributed by atoms with Crippen molar-refractivity contribution in [2.24, 2.45) is 16.3 Å². The van der Waals surface area contributed by atoms with Crippen LogP contribution in [0.25, 0.3) is 10.2 Å². The van der Waals surface area contributed by atoms with Crippen LogP contribution >= 0.6 is 11.3 Å². The Kier molecular flexibility index (Phi) is 5.05. The van der Waals surface area contributed by atoms with Crippen molar-refractivity contribution in [1.82, 2.24) is 4.98 Å². The van der Waals surface area contributed by atoms with E-state index in [9.17, 15) is 9.59 Å². The minimum atomic E-state index is -0.562. The summed E-state index contributed by atoms with van der Waals surface area (Å²) in [4.78, 5) is 36.3. The molecule has 5 nitrogen and oxygen atoms in total. The first-order valence-corrected chi connectivity index (χ1v) is 11.7. The molecule has 1 unspecified atom stereocenters. The van der Waals surface area contributed by atoms with E-state index in [1.807, 2.05) is 61.5 Å². The molecule has 2 heterocycles. The number of hydrogen-bond acceptors (Lipinski definition) is 5. The van der Waals surface area contributed by atoms with Crippen LogP contribution in [0.15, 0.2) is 70.9 Å². The fourth-order valence-electron chi connectivity index (χ4n) is 4.91. The lowest BCUT2D eigenvalue weighted by Gasteiger charge is -2.39. The van der Waals surface area contributed by atoms with Gasteiger partial charge in [-0.15, -0.1) is 0 Å². The number of rotatable bonds is 3. The largest absolute Gasteiger partial charge is 0.301 e. The molecule has 32 heavy (non-hydrogen) atoms. The molecule has 0 bridgehead atoms. The Balaban J connectivity index is 1.56. The molecule has 0 spiro atoms. The lowest BCUT2D eigenvalue weighted by molar-refractivity contribution is -0.119. The van der Waals surface area contributed by atoms with Crippen LogP contribution in [0.5, 0.6) is 0 Å². The Morgan fingerprint density at radius 1 is 1.06 bits per heavy atom. The van der Waals surface area contributed by atoms with Gasteiger partial charge in [-0.1, -0.05) is 67.6 Å². The van der Waals surface area contributed by atoms with Gasteiger partial charge < -0.3 is 5.32 Å². The van der Waals surface area contributed by atoms with Crippen LogP contribution in [0.3, 0.4) is 0 Å². The average Bonchev–Trinajstić information content (AvgIpc) is 3.14. The first-order valence-electron chi connectivity index (χ1n) is 10.9. The monoisotopic (exact) mass is 443 g/mol. The minimum Gasteiger partial charge on any atom is -0.301 e. The van der Waals surface area contributed by atoms with Gasteiger partial charge in [0.25, 0.3) is 0 Å². The van der Waals surface area contributed by atoms with Crippen molar-refractivity contribution in [3.63, 3.8) is 0 Å². The molecule has 0 radical (unpaired) electrons. The molecule has 1 amide bonds. The van der Waals surface area contributed by atoms with Crippen molar-refractivity contribution >= 4 is 44.1 Å². The number of Topliss-reactive ketones (excluding diaryl/α,β-unsaturated/α-hetero) is 1. The molecule has 1 aliphatic heterocycles. The summed E-state index contributed by atoms with van der Waals surface area (Å²) in [6, 6.07) is 17.7. The van der Waals surface area contributed by atoms with E-state index in [0.717, 1.165) is 33.6 Å². The van der Waals surface area contributed by atoms with Gasteiger partial charge in [-0.3, -0.25) is 14.6 Å². The number of carbonyl (C=O) groups is 2. The first-order chi connectivity index (χ1) is 15.3. The van der Waals surface area contributed by atoms with Gasteiger partial charge in [0.05, 0.1) is 16.1 Å². The van der Waals surface area contributed by atoms with Crippen molar-refractivity contribution < 1.29 is 9.59 Å². The van der Waals surface area contributed by atoms with Crippen LogP contribution in [0.1, 0.15) is 45.1 Å². The normalized spacial score (nSPS) is 22.5. The molecule has 1 aromatic heterocycles. The molecule has 0 saturated heterocycles. The highest BCUT2D eigenvalue weighted by molar-refractivity contribution is 7.22. The number of amides is 1. The van der Waals surface area contributed by atoms with Gasteiger partial charge in [0.1, 0.15) is 0 Å². The smallest absolute Gasteiger partial charge is 0.235 e. The molecule has 0 fully saturated rings. The highest BCUT2D eigenvalue weighted by atomic mass is 32.1. The third-order valence-corrected chi connectivity index (χ3v) is 7.22. The first kappa shape index (κ1) is 20.8. The summed E-state index contributed by atoms with van der Waals surface area (Å²) in [5, 5.41) is 3.57. The van der Waals surface area contributed by atoms with Crippen molar-refractivity contribution in [2.75, 3.05) is 5.32 Å². The maximum absolute atomic E-state index is 13.6. The van der Waals surface area contributed by atoms with E-state index in [1.54, 1.807) is 0 Å². The number of carbonyl (C=O) groups excluding carboxylic acids is 2. The quantitative estimate of drug-likeness (QED) is 0.560. The minimum absolute atomic E-state index is 0.0964. The van der Waals surface area contributed by atoms with Crippen molar-refractivity contribution in [3.05, 3.63) is 71.4 Å². The molecular weight excluding hydrogens is 418 g/mol. The van der Waals surface area contributed by atoms with Crippen LogP contribution in [0.2, 0.25) is 0 Å². The molecule has 1 aliphatic carbocycles. The van der Waals surface area contributed by atoms with Gasteiger partial charge in [0, 0.05) is 29.3 Å². The SMILES string of the molecule is CC1=NC2=C(C(=O)CC(C)(C)C2)[C@@H](c2ccccc2)C1C(=O)Nc1nc2ccccc2s1. The Hall–Kier alpha value is -3.12. The predicted octanol–water partition coefficient (Wildman–Crippen LogP) is 5.75. The van der Waals surface area contributed by atoms with Gasteiger partial charge >= 0.3 is 0 Å². The summed E-state index contributed by atoms with van der Waals surface area (Å²) in [6.45, 7) is 6.10. The summed E-state index contributed by atoms with van der Waals surface area (Å²) in [5.41, 5.74) is 3.97. The van der Waals surface area contributed by atoms with E-state index in [2.05, 4.69) is 24.1 Å². The number of aromatic nitrogens is 1. The Morgan fingerprint density at radius 3 is 2.53 bits per heavy atom. The third-order valence-electron chi connectivity index (χ3n) is 6.27. The Labute approximate surface area is 191 Å². The number of anilines is 1.